The number of amides is 1. The molecule has 0 bridgehead atoms. The maximum atomic E-state index is 12.6. The van der Waals surface area contributed by atoms with E-state index < -0.39 is 4.92 Å². The first-order valence-corrected chi connectivity index (χ1v) is 7.48. The third-order valence-electron chi connectivity index (χ3n) is 4.06. The van der Waals surface area contributed by atoms with E-state index >= 15 is 0 Å². The first kappa shape index (κ1) is 15.8. The fourth-order valence-corrected chi connectivity index (χ4v) is 2.72. The Hall–Kier alpha value is -3.09. The van der Waals surface area contributed by atoms with Crippen LogP contribution >= 0.6 is 0 Å². The quantitative estimate of drug-likeness (QED) is 0.491. The van der Waals surface area contributed by atoms with Gasteiger partial charge in [-0.1, -0.05) is 12.1 Å². The van der Waals surface area contributed by atoms with Crippen LogP contribution in [0.3, 0.4) is 0 Å². The minimum Gasteiger partial charge on any atom is -0.334 e. The fraction of sp³-hybridized carbons (Fsp3) is 0.235. The van der Waals surface area contributed by atoms with E-state index in [1.54, 1.807) is 29.2 Å². The van der Waals surface area contributed by atoms with Crippen molar-refractivity contribution in [2.75, 3.05) is 6.54 Å². The van der Waals surface area contributed by atoms with E-state index in [1.165, 1.54) is 19.2 Å². The van der Waals surface area contributed by atoms with Gasteiger partial charge < -0.3 is 4.90 Å². The lowest BCUT2D eigenvalue weighted by Gasteiger charge is -2.28. The molecule has 0 saturated heterocycles. The zero-order valence-corrected chi connectivity index (χ0v) is 13.1. The van der Waals surface area contributed by atoms with Crippen molar-refractivity contribution >= 4 is 17.4 Å². The molecule has 0 spiro atoms. The van der Waals surface area contributed by atoms with Crippen molar-refractivity contribution < 1.29 is 14.5 Å². The predicted molar refractivity (Wildman–Crippen MR) is 85.8 cm³/mol. The Morgan fingerprint density at radius 1 is 1.21 bits per heavy atom. The zero-order chi connectivity index (χ0) is 17.3. The van der Waals surface area contributed by atoms with Gasteiger partial charge in [0, 0.05) is 42.4 Å². The van der Waals surface area contributed by atoms with Crippen LogP contribution in [-0.2, 0) is 13.0 Å². The molecule has 7 nitrogen and oxygen atoms in total. The van der Waals surface area contributed by atoms with E-state index in [2.05, 4.69) is 4.98 Å². The van der Waals surface area contributed by atoms with Crippen LogP contribution in [0.25, 0.3) is 0 Å². The fourth-order valence-electron chi connectivity index (χ4n) is 2.72. The van der Waals surface area contributed by atoms with E-state index in [0.29, 0.717) is 29.7 Å². The molecule has 0 unspecified atom stereocenters. The highest BCUT2D eigenvalue weighted by Crippen LogP contribution is 2.23. The maximum absolute atomic E-state index is 12.6. The third kappa shape index (κ3) is 3.01. The Bertz CT molecular complexity index is 830. The van der Waals surface area contributed by atoms with Crippen LogP contribution in [0.2, 0.25) is 0 Å². The number of Topliss-reactive ketones (excluding diaryl/α,β-unsaturated/α-hetero) is 1. The number of benzene rings is 1. The Morgan fingerprint density at radius 2 is 1.88 bits per heavy atom. The van der Waals surface area contributed by atoms with Gasteiger partial charge in [0.25, 0.3) is 11.6 Å². The SMILES string of the molecule is CC(=O)c1ccc(C(=O)N2CCc3ncc([N+](=O)[O-])cc3C2)cc1. The minimum absolute atomic E-state index is 0.0562. The molecule has 2 aromatic rings. The molecule has 0 N–H and O–H groups in total. The molecular formula is C17H15N3O4. The van der Waals surface area contributed by atoms with Crippen molar-refractivity contribution in [1.29, 1.82) is 0 Å². The largest absolute Gasteiger partial charge is 0.334 e. The van der Waals surface area contributed by atoms with Crippen LogP contribution in [0, 0.1) is 10.1 Å². The number of ketones is 1. The summed E-state index contributed by atoms with van der Waals surface area (Å²) >= 11 is 0. The van der Waals surface area contributed by atoms with Gasteiger partial charge in [0.05, 0.1) is 4.92 Å². The van der Waals surface area contributed by atoms with E-state index in [4.69, 9.17) is 0 Å². The summed E-state index contributed by atoms with van der Waals surface area (Å²) < 4.78 is 0. The minimum atomic E-state index is -0.492. The second-order valence-corrected chi connectivity index (χ2v) is 5.67. The molecule has 0 atom stereocenters. The summed E-state index contributed by atoms with van der Waals surface area (Å²) in [4.78, 5) is 40.0. The number of carbonyl (C=O) groups excluding carboxylic acids is 2. The molecule has 7 heteroatoms. The number of rotatable bonds is 3. The Kier molecular flexibility index (Phi) is 4.07. The third-order valence-corrected chi connectivity index (χ3v) is 4.06. The molecule has 1 aliphatic rings. The Labute approximate surface area is 138 Å². The summed E-state index contributed by atoms with van der Waals surface area (Å²) in [6, 6.07) is 7.97. The highest BCUT2D eigenvalue weighted by atomic mass is 16.6. The maximum Gasteiger partial charge on any atom is 0.287 e. The standard InChI is InChI=1S/C17H15N3O4/c1-11(21)12-2-4-13(5-3-12)17(22)19-7-6-16-14(10-19)8-15(9-18-16)20(23)24/h2-5,8-9H,6-7,10H2,1H3. The van der Waals surface area contributed by atoms with E-state index in [-0.39, 0.29) is 23.9 Å². The summed E-state index contributed by atoms with van der Waals surface area (Å²) in [5.41, 5.74) is 2.45. The van der Waals surface area contributed by atoms with Gasteiger partial charge in [0.15, 0.2) is 5.78 Å². The summed E-state index contributed by atoms with van der Waals surface area (Å²) in [5, 5.41) is 10.9. The summed E-state index contributed by atoms with van der Waals surface area (Å²) in [6.45, 7) is 2.26. The molecule has 1 aromatic carbocycles. The van der Waals surface area contributed by atoms with Gasteiger partial charge in [-0.2, -0.15) is 0 Å². The number of nitrogens with zero attached hydrogens (tertiary/aromatic N) is 3. The van der Waals surface area contributed by atoms with Crippen LogP contribution in [-0.4, -0.2) is 33.0 Å². The molecule has 1 aliphatic heterocycles. The van der Waals surface area contributed by atoms with Crippen LogP contribution in [0.1, 0.15) is 38.9 Å². The molecule has 1 aromatic heterocycles. The van der Waals surface area contributed by atoms with E-state index in [1.807, 2.05) is 0 Å². The van der Waals surface area contributed by atoms with Gasteiger partial charge in [-0.25, -0.2) is 0 Å². The van der Waals surface area contributed by atoms with Crippen molar-refractivity contribution in [2.45, 2.75) is 19.9 Å². The van der Waals surface area contributed by atoms with Crippen LogP contribution in [0.4, 0.5) is 5.69 Å². The van der Waals surface area contributed by atoms with Crippen molar-refractivity contribution in [1.82, 2.24) is 9.88 Å². The summed E-state index contributed by atoms with van der Waals surface area (Å²) in [7, 11) is 0. The van der Waals surface area contributed by atoms with Crippen LogP contribution in [0.5, 0.6) is 0 Å². The van der Waals surface area contributed by atoms with E-state index in [9.17, 15) is 19.7 Å². The lowest BCUT2D eigenvalue weighted by atomic mass is 10.0. The van der Waals surface area contributed by atoms with Crippen LogP contribution < -0.4 is 0 Å². The molecule has 0 aliphatic carbocycles. The topological polar surface area (TPSA) is 93.4 Å². The smallest absolute Gasteiger partial charge is 0.287 e. The van der Waals surface area contributed by atoms with Gasteiger partial charge in [-0.05, 0) is 24.6 Å². The molecule has 24 heavy (non-hydrogen) atoms. The highest BCUT2D eigenvalue weighted by Gasteiger charge is 2.24. The molecule has 0 radical (unpaired) electrons. The molecule has 1 amide bonds. The first-order chi connectivity index (χ1) is 11.5. The first-order valence-electron chi connectivity index (χ1n) is 7.48. The number of nitro groups is 1. The van der Waals surface area contributed by atoms with Crippen molar-refractivity contribution in [2.24, 2.45) is 0 Å². The normalized spacial score (nSPS) is 13.3. The number of hydrogen-bond acceptors (Lipinski definition) is 5. The number of hydrogen-bond donors (Lipinski definition) is 0. The molecule has 2 heterocycles. The van der Waals surface area contributed by atoms with Gasteiger partial charge in [-0.15, -0.1) is 0 Å². The van der Waals surface area contributed by atoms with Crippen LogP contribution in [0.15, 0.2) is 36.5 Å². The summed E-state index contributed by atoms with van der Waals surface area (Å²) in [5.74, 6) is -0.221. The highest BCUT2D eigenvalue weighted by molar-refractivity contribution is 5.97. The van der Waals surface area contributed by atoms with Gasteiger partial charge >= 0.3 is 0 Å². The van der Waals surface area contributed by atoms with Gasteiger partial charge in [0.2, 0.25) is 0 Å². The number of carbonyl (C=O) groups is 2. The second kappa shape index (κ2) is 6.19. The lowest BCUT2D eigenvalue weighted by Crippen LogP contribution is -2.36. The molecule has 0 saturated carbocycles. The average molecular weight is 325 g/mol. The number of aromatic nitrogens is 1. The van der Waals surface area contributed by atoms with Crippen molar-refractivity contribution in [3.63, 3.8) is 0 Å². The molecule has 0 fully saturated rings. The van der Waals surface area contributed by atoms with E-state index in [0.717, 1.165) is 5.69 Å². The van der Waals surface area contributed by atoms with Gasteiger partial charge in [-0.3, -0.25) is 24.7 Å². The van der Waals surface area contributed by atoms with Crippen molar-refractivity contribution in [3.05, 3.63) is 69.0 Å². The average Bonchev–Trinajstić information content (AvgIpc) is 2.60. The second-order valence-electron chi connectivity index (χ2n) is 5.67. The van der Waals surface area contributed by atoms with Crippen molar-refractivity contribution in [3.8, 4) is 0 Å². The number of pyridine rings is 1. The molecule has 3 rings (SSSR count). The lowest BCUT2D eigenvalue weighted by molar-refractivity contribution is -0.385. The summed E-state index contributed by atoms with van der Waals surface area (Å²) in [6.07, 6.45) is 1.81. The Balaban J connectivity index is 1.81. The molecule has 122 valence electrons. The predicted octanol–water partition coefficient (Wildman–Crippen LogP) is 2.39. The molecular weight excluding hydrogens is 310 g/mol. The Morgan fingerprint density at radius 3 is 2.50 bits per heavy atom. The monoisotopic (exact) mass is 325 g/mol. The number of fused-ring (bicyclic) bond motifs is 1. The van der Waals surface area contributed by atoms with Gasteiger partial charge in [0.1, 0.15) is 6.20 Å². The zero-order valence-electron chi connectivity index (χ0n) is 13.1.